The van der Waals surface area contributed by atoms with Crippen LogP contribution in [-0.4, -0.2) is 35.3 Å². The van der Waals surface area contributed by atoms with E-state index in [0.717, 1.165) is 36.9 Å². The van der Waals surface area contributed by atoms with Gasteiger partial charge in [-0.15, -0.1) is 0 Å². The first-order valence-corrected chi connectivity index (χ1v) is 8.77. The molecule has 1 aliphatic heterocycles. The Bertz CT molecular complexity index is 568. The van der Waals surface area contributed by atoms with E-state index in [1.165, 1.54) is 6.92 Å². The fourth-order valence-corrected chi connectivity index (χ4v) is 3.40. The molecule has 0 saturated carbocycles. The van der Waals surface area contributed by atoms with Gasteiger partial charge in [0.05, 0.1) is 12.5 Å². The predicted octanol–water partition coefficient (Wildman–Crippen LogP) is 2.29. The summed E-state index contributed by atoms with van der Waals surface area (Å²) in [5.74, 6) is -0.0629. The van der Waals surface area contributed by atoms with Crippen LogP contribution in [-0.2, 0) is 9.59 Å². The van der Waals surface area contributed by atoms with Crippen LogP contribution in [0.2, 0.25) is 0 Å². The van der Waals surface area contributed by atoms with Crippen molar-refractivity contribution in [1.82, 2.24) is 10.2 Å². The first-order chi connectivity index (χ1) is 11.4. The first kappa shape index (κ1) is 18.5. The van der Waals surface area contributed by atoms with Crippen LogP contribution in [0.4, 0.5) is 0 Å². The third-order valence-corrected chi connectivity index (χ3v) is 4.71. The summed E-state index contributed by atoms with van der Waals surface area (Å²) in [5, 5.41) is 2.91. The van der Waals surface area contributed by atoms with E-state index in [1.807, 2.05) is 43.0 Å². The maximum absolute atomic E-state index is 12.9. The Balaban J connectivity index is 2.14. The molecule has 1 heterocycles. The molecule has 2 amide bonds. The highest BCUT2D eigenvalue weighted by Gasteiger charge is 2.30. The lowest BCUT2D eigenvalue weighted by molar-refractivity contribution is -0.136. The van der Waals surface area contributed by atoms with Gasteiger partial charge in [0, 0.05) is 25.6 Å². The number of piperidine rings is 1. The second-order valence-electron chi connectivity index (χ2n) is 6.88. The molecule has 0 aromatic heterocycles. The topological polar surface area (TPSA) is 75.4 Å². The molecule has 3 N–H and O–H groups in total. The van der Waals surface area contributed by atoms with E-state index >= 15 is 0 Å². The van der Waals surface area contributed by atoms with Crippen molar-refractivity contribution in [2.75, 3.05) is 6.54 Å². The van der Waals surface area contributed by atoms with Gasteiger partial charge in [-0.3, -0.25) is 9.59 Å². The van der Waals surface area contributed by atoms with Gasteiger partial charge in [0.25, 0.3) is 0 Å². The van der Waals surface area contributed by atoms with Gasteiger partial charge in [-0.1, -0.05) is 29.8 Å². The van der Waals surface area contributed by atoms with E-state index < -0.39 is 0 Å². The summed E-state index contributed by atoms with van der Waals surface area (Å²) in [5.41, 5.74) is 8.18. The van der Waals surface area contributed by atoms with E-state index in [1.54, 1.807) is 0 Å². The quantitative estimate of drug-likeness (QED) is 0.869. The molecular formula is C19H29N3O2. The average molecular weight is 331 g/mol. The number of amides is 2. The predicted molar refractivity (Wildman–Crippen MR) is 95.4 cm³/mol. The van der Waals surface area contributed by atoms with Gasteiger partial charge in [-0.25, -0.2) is 0 Å². The number of carbonyl (C=O) groups is 2. The van der Waals surface area contributed by atoms with E-state index in [2.05, 4.69) is 5.32 Å². The zero-order valence-corrected chi connectivity index (χ0v) is 14.9. The standard InChI is InChI=1S/C19H29N3O2/c1-13-7-9-16(10-8-13)17(21-15(3)23)12-19(24)22-11-5-4-6-18(22)14(2)20/h7-10,14,17-18H,4-6,11-12,20H2,1-3H3,(H,21,23). The number of rotatable bonds is 5. The number of carbonyl (C=O) groups excluding carboxylic acids is 2. The molecule has 1 saturated heterocycles. The van der Waals surface area contributed by atoms with Gasteiger partial charge >= 0.3 is 0 Å². The Morgan fingerprint density at radius 3 is 2.54 bits per heavy atom. The molecule has 1 fully saturated rings. The highest BCUT2D eigenvalue weighted by atomic mass is 16.2. The van der Waals surface area contributed by atoms with Gasteiger partial charge in [0.15, 0.2) is 0 Å². The van der Waals surface area contributed by atoms with Crippen LogP contribution in [0.25, 0.3) is 0 Å². The lowest BCUT2D eigenvalue weighted by Crippen LogP contribution is -2.52. The molecule has 5 nitrogen and oxygen atoms in total. The number of aryl methyl sites for hydroxylation is 1. The molecular weight excluding hydrogens is 302 g/mol. The Morgan fingerprint density at radius 1 is 1.29 bits per heavy atom. The van der Waals surface area contributed by atoms with Crippen molar-refractivity contribution in [1.29, 1.82) is 0 Å². The van der Waals surface area contributed by atoms with Crippen LogP contribution < -0.4 is 11.1 Å². The fourth-order valence-electron chi connectivity index (χ4n) is 3.40. The minimum atomic E-state index is -0.300. The largest absolute Gasteiger partial charge is 0.349 e. The highest BCUT2D eigenvalue weighted by Crippen LogP contribution is 2.24. The monoisotopic (exact) mass is 331 g/mol. The van der Waals surface area contributed by atoms with Crippen molar-refractivity contribution in [2.45, 2.75) is 64.6 Å². The van der Waals surface area contributed by atoms with Crippen molar-refractivity contribution in [3.05, 3.63) is 35.4 Å². The van der Waals surface area contributed by atoms with Crippen molar-refractivity contribution in [3.8, 4) is 0 Å². The number of benzene rings is 1. The number of hydrogen-bond acceptors (Lipinski definition) is 3. The van der Waals surface area contributed by atoms with Crippen molar-refractivity contribution in [2.24, 2.45) is 5.73 Å². The number of nitrogens with zero attached hydrogens (tertiary/aromatic N) is 1. The van der Waals surface area contributed by atoms with Gasteiger partial charge < -0.3 is 16.0 Å². The van der Waals surface area contributed by atoms with E-state index in [-0.39, 0.29) is 36.4 Å². The fraction of sp³-hybridized carbons (Fsp3) is 0.579. The molecule has 0 spiro atoms. The average Bonchev–Trinajstić information content (AvgIpc) is 2.54. The Morgan fingerprint density at radius 2 is 1.96 bits per heavy atom. The molecule has 2 rings (SSSR count). The second kappa shape index (κ2) is 8.29. The molecule has 5 heteroatoms. The summed E-state index contributed by atoms with van der Waals surface area (Å²) < 4.78 is 0. The lowest BCUT2D eigenvalue weighted by Gasteiger charge is -2.38. The molecule has 1 aromatic rings. The molecule has 0 bridgehead atoms. The summed E-state index contributed by atoms with van der Waals surface area (Å²) in [4.78, 5) is 26.3. The van der Waals surface area contributed by atoms with E-state index in [4.69, 9.17) is 5.73 Å². The normalized spacial score (nSPS) is 20.3. The minimum Gasteiger partial charge on any atom is -0.349 e. The summed E-state index contributed by atoms with van der Waals surface area (Å²) in [6, 6.07) is 7.72. The number of hydrogen-bond donors (Lipinski definition) is 2. The van der Waals surface area contributed by atoms with E-state index in [0.29, 0.717) is 0 Å². The summed E-state index contributed by atoms with van der Waals surface area (Å²) in [7, 11) is 0. The van der Waals surface area contributed by atoms with Crippen molar-refractivity contribution >= 4 is 11.8 Å². The maximum atomic E-state index is 12.9. The summed E-state index contributed by atoms with van der Waals surface area (Å²) in [6.45, 7) is 6.22. The zero-order valence-electron chi connectivity index (χ0n) is 14.9. The molecule has 3 unspecified atom stereocenters. The van der Waals surface area contributed by atoms with Crippen LogP contribution in [0.15, 0.2) is 24.3 Å². The van der Waals surface area contributed by atoms with Crippen LogP contribution in [0, 0.1) is 6.92 Å². The van der Waals surface area contributed by atoms with Gasteiger partial charge in [-0.2, -0.15) is 0 Å². The summed E-state index contributed by atoms with van der Waals surface area (Å²) >= 11 is 0. The van der Waals surface area contributed by atoms with Gasteiger partial charge in [0.2, 0.25) is 11.8 Å². The summed E-state index contributed by atoms with van der Waals surface area (Å²) in [6.07, 6.45) is 3.36. The van der Waals surface area contributed by atoms with Crippen LogP contribution in [0.1, 0.15) is 56.7 Å². The Kier molecular flexibility index (Phi) is 6.37. The highest BCUT2D eigenvalue weighted by molar-refractivity contribution is 5.79. The molecule has 0 aliphatic carbocycles. The molecule has 1 aromatic carbocycles. The third-order valence-electron chi connectivity index (χ3n) is 4.71. The van der Waals surface area contributed by atoms with Crippen LogP contribution in [0.5, 0.6) is 0 Å². The van der Waals surface area contributed by atoms with Crippen molar-refractivity contribution in [3.63, 3.8) is 0 Å². The zero-order chi connectivity index (χ0) is 17.7. The Hall–Kier alpha value is -1.88. The number of likely N-dealkylation sites (tertiary alicyclic amines) is 1. The van der Waals surface area contributed by atoms with E-state index in [9.17, 15) is 9.59 Å². The molecule has 0 radical (unpaired) electrons. The maximum Gasteiger partial charge on any atom is 0.225 e. The van der Waals surface area contributed by atoms with Crippen LogP contribution in [0.3, 0.4) is 0 Å². The lowest BCUT2D eigenvalue weighted by atomic mass is 9.95. The number of nitrogens with two attached hydrogens (primary N) is 1. The smallest absolute Gasteiger partial charge is 0.225 e. The van der Waals surface area contributed by atoms with Crippen molar-refractivity contribution < 1.29 is 9.59 Å². The second-order valence-corrected chi connectivity index (χ2v) is 6.88. The third kappa shape index (κ3) is 4.81. The van der Waals surface area contributed by atoms with Gasteiger partial charge in [-0.05, 0) is 38.7 Å². The number of nitrogens with one attached hydrogen (secondary N) is 1. The minimum absolute atomic E-state index is 0.0344. The molecule has 1 aliphatic rings. The van der Waals surface area contributed by atoms with Gasteiger partial charge in [0.1, 0.15) is 0 Å². The molecule has 24 heavy (non-hydrogen) atoms. The first-order valence-electron chi connectivity index (χ1n) is 8.77. The molecule has 3 atom stereocenters. The van der Waals surface area contributed by atoms with Crippen LogP contribution >= 0.6 is 0 Å². The Labute approximate surface area is 144 Å². The SMILES string of the molecule is CC(=O)NC(CC(=O)N1CCCCC1C(C)N)c1ccc(C)cc1. The molecule has 132 valence electrons.